The maximum Gasteiger partial charge on any atom is 0.347 e. The largest absolute Gasteiger partial charge is 0.470 e. The Morgan fingerprint density at radius 2 is 1.64 bits per heavy atom. The van der Waals surface area contributed by atoms with Gasteiger partial charge in [-0.1, -0.05) is 13.8 Å². The van der Waals surface area contributed by atoms with Crippen molar-refractivity contribution in [2.75, 3.05) is 57.6 Å². The zero-order chi connectivity index (χ0) is 31.4. The molecule has 0 N–H and O–H groups in total. The second-order valence-corrected chi connectivity index (χ2v) is 11.2. The molecule has 0 unspecified atom stereocenters. The number of ether oxygens (including phenoxy) is 6. The van der Waals surface area contributed by atoms with Crippen LogP contribution in [0.5, 0.6) is 5.88 Å². The number of hydrogen-bond acceptors (Lipinski definition) is 15. The predicted molar refractivity (Wildman–Crippen MR) is 148 cm³/mol. The molecule has 16 heteroatoms. The van der Waals surface area contributed by atoms with Crippen LogP contribution in [0, 0.1) is 5.92 Å². The Morgan fingerprint density at radius 1 is 0.976 bits per heavy atom. The van der Waals surface area contributed by atoms with E-state index in [0.717, 1.165) is 11.7 Å². The van der Waals surface area contributed by atoms with E-state index >= 15 is 0 Å². The number of rotatable bonds is 14. The van der Waals surface area contributed by atoms with Crippen LogP contribution in [0.2, 0.25) is 0 Å². The van der Waals surface area contributed by atoms with E-state index in [1.807, 2.05) is 4.90 Å². The Labute approximate surface area is 249 Å². The summed E-state index contributed by atoms with van der Waals surface area (Å²) < 4.78 is 40.2. The summed E-state index contributed by atoms with van der Waals surface area (Å²) in [6.07, 6.45) is -2.27. The van der Waals surface area contributed by atoms with Gasteiger partial charge < -0.3 is 38.2 Å². The van der Waals surface area contributed by atoms with Gasteiger partial charge in [0.25, 0.3) is 11.8 Å². The maximum absolute atomic E-state index is 13.0. The van der Waals surface area contributed by atoms with Gasteiger partial charge in [0.1, 0.15) is 6.61 Å². The van der Waals surface area contributed by atoms with Crippen LogP contribution >= 0.6 is 11.7 Å². The number of amides is 1. The summed E-state index contributed by atoms with van der Waals surface area (Å²) in [7, 11) is 0. The molecule has 0 aliphatic carbocycles. The third kappa shape index (κ3) is 11.4. The van der Waals surface area contributed by atoms with E-state index in [1.54, 1.807) is 34.6 Å². The average molecular weight is 617 g/mol. The highest BCUT2D eigenvalue weighted by atomic mass is 32.1. The number of anilines is 1. The number of carbonyl (C=O) groups is 5. The van der Waals surface area contributed by atoms with E-state index in [1.165, 1.54) is 18.7 Å². The molecule has 0 spiro atoms. The van der Waals surface area contributed by atoms with Crippen molar-refractivity contribution >= 4 is 47.3 Å². The number of esters is 4. The maximum atomic E-state index is 13.0. The average Bonchev–Trinajstić information content (AvgIpc) is 3.40. The lowest BCUT2D eigenvalue weighted by Gasteiger charge is -2.37. The molecule has 0 bridgehead atoms. The van der Waals surface area contributed by atoms with Crippen molar-refractivity contribution in [1.29, 1.82) is 0 Å². The van der Waals surface area contributed by atoms with Gasteiger partial charge in [0, 0.05) is 25.6 Å². The lowest BCUT2D eigenvalue weighted by molar-refractivity contribution is -0.174. The Balaban J connectivity index is 2.13. The molecule has 1 aromatic rings. The third-order valence-corrected chi connectivity index (χ3v) is 6.28. The summed E-state index contributed by atoms with van der Waals surface area (Å²) in [5, 5.41) is 0. The number of nitrogens with zero attached hydrogens (tertiary/aromatic N) is 4. The first-order valence-electron chi connectivity index (χ1n) is 13.5. The second-order valence-electron chi connectivity index (χ2n) is 10.7. The highest BCUT2D eigenvalue weighted by molar-refractivity contribution is 6.99. The Kier molecular flexibility index (Phi) is 13.4. The first kappa shape index (κ1) is 34.7. The van der Waals surface area contributed by atoms with Gasteiger partial charge in [0.05, 0.1) is 37.4 Å². The van der Waals surface area contributed by atoms with Gasteiger partial charge in [0.2, 0.25) is 5.82 Å². The third-order valence-electron chi connectivity index (χ3n) is 5.78. The topological polar surface area (TPSA) is 173 Å². The monoisotopic (exact) mass is 616 g/mol. The summed E-state index contributed by atoms with van der Waals surface area (Å²) in [4.78, 5) is 64.3. The van der Waals surface area contributed by atoms with Gasteiger partial charge in [-0.3, -0.25) is 14.4 Å². The molecule has 2 heterocycles. The van der Waals surface area contributed by atoms with E-state index in [0.29, 0.717) is 32.1 Å². The van der Waals surface area contributed by atoms with Crippen LogP contribution in [0.15, 0.2) is 0 Å². The fraction of sp³-hybridized carbons (Fsp3) is 0.731. The molecule has 1 aromatic heterocycles. The van der Waals surface area contributed by atoms with E-state index in [4.69, 9.17) is 28.4 Å². The Morgan fingerprint density at radius 3 is 2.24 bits per heavy atom. The zero-order valence-electron chi connectivity index (χ0n) is 25.1. The van der Waals surface area contributed by atoms with E-state index in [-0.39, 0.29) is 19.0 Å². The Hall–Kier alpha value is -3.53. The summed E-state index contributed by atoms with van der Waals surface area (Å²) in [6, 6.07) is 0. The van der Waals surface area contributed by atoms with Crippen molar-refractivity contribution in [3.05, 3.63) is 0 Å². The van der Waals surface area contributed by atoms with Gasteiger partial charge in [-0.25, -0.2) is 9.59 Å². The molecule has 1 saturated heterocycles. The van der Waals surface area contributed by atoms with E-state index < -0.39 is 66.7 Å². The number of aromatic nitrogens is 2. The van der Waals surface area contributed by atoms with Crippen LogP contribution in [-0.2, 0) is 47.7 Å². The van der Waals surface area contributed by atoms with Crippen LogP contribution in [0.25, 0.3) is 0 Å². The number of hydrogen-bond donors (Lipinski definition) is 0. The molecule has 2 rings (SSSR count). The van der Waals surface area contributed by atoms with Crippen molar-refractivity contribution in [3.63, 3.8) is 0 Å². The molecule has 1 aliphatic heterocycles. The van der Waals surface area contributed by atoms with Gasteiger partial charge >= 0.3 is 23.9 Å². The van der Waals surface area contributed by atoms with Crippen LogP contribution in [0.3, 0.4) is 0 Å². The van der Waals surface area contributed by atoms with Gasteiger partial charge in [-0.05, 0) is 27.7 Å². The van der Waals surface area contributed by atoms with Crippen molar-refractivity contribution in [2.45, 2.75) is 66.2 Å². The molecule has 15 nitrogen and oxygen atoms in total. The van der Waals surface area contributed by atoms with Gasteiger partial charge in [-0.15, -0.1) is 4.37 Å². The molecule has 1 amide bonds. The molecule has 1 aliphatic rings. The van der Waals surface area contributed by atoms with Crippen molar-refractivity contribution in [2.24, 2.45) is 5.92 Å². The predicted octanol–water partition coefficient (Wildman–Crippen LogP) is 0.986. The fourth-order valence-corrected chi connectivity index (χ4v) is 4.07. The standard InChI is InChI=1S/C26H40N4O11S/c1-16(2)24(34)40-17(3)25(35)39-15-21(33)41-19(12-30(26(5,6)7)20(32)14-37-18(4)31)13-38-23-22(27-42-28-23)29-8-10-36-11-9-29/h16-17,19H,8-15H2,1-7H3/t17-,19+/m1/s1. The Bertz CT molecular complexity index is 1080. The molecule has 42 heavy (non-hydrogen) atoms. The lowest BCUT2D eigenvalue weighted by atomic mass is 10.1. The van der Waals surface area contributed by atoms with Crippen molar-refractivity contribution in [1.82, 2.24) is 13.6 Å². The quantitative estimate of drug-likeness (QED) is 0.214. The minimum absolute atomic E-state index is 0.143. The highest BCUT2D eigenvalue weighted by Crippen LogP contribution is 2.27. The van der Waals surface area contributed by atoms with Crippen molar-refractivity contribution in [3.8, 4) is 5.88 Å². The van der Waals surface area contributed by atoms with E-state index in [2.05, 4.69) is 8.75 Å². The summed E-state index contributed by atoms with van der Waals surface area (Å²) in [6.45, 7) is 11.6. The first-order chi connectivity index (χ1) is 19.7. The van der Waals surface area contributed by atoms with Crippen molar-refractivity contribution < 1.29 is 52.4 Å². The SMILES string of the molecule is CC(=O)OCC(=O)N(C[C@@H](COc1nsnc1N1CCOCC1)OC(=O)COC(=O)[C@@H](C)OC(=O)C(C)C)C(C)(C)C. The summed E-state index contributed by atoms with van der Waals surface area (Å²) in [5.74, 6) is -3.28. The molecule has 0 saturated carbocycles. The molecule has 236 valence electrons. The minimum Gasteiger partial charge on any atom is -0.470 e. The second kappa shape index (κ2) is 16.2. The highest BCUT2D eigenvalue weighted by Gasteiger charge is 2.32. The number of morpholine rings is 1. The summed E-state index contributed by atoms with van der Waals surface area (Å²) in [5.41, 5.74) is -0.759. The van der Waals surface area contributed by atoms with E-state index in [9.17, 15) is 24.0 Å². The lowest BCUT2D eigenvalue weighted by Crippen LogP contribution is -2.52. The minimum atomic E-state index is -1.22. The summed E-state index contributed by atoms with van der Waals surface area (Å²) >= 11 is 0.956. The fourth-order valence-electron chi connectivity index (χ4n) is 3.55. The van der Waals surface area contributed by atoms with Crippen LogP contribution in [0.1, 0.15) is 48.5 Å². The molecule has 0 aromatic carbocycles. The van der Waals surface area contributed by atoms with Crippen LogP contribution in [-0.4, -0.2) is 114 Å². The normalized spacial score (nSPS) is 14.9. The van der Waals surface area contributed by atoms with Gasteiger partial charge in [0.15, 0.2) is 25.4 Å². The molecule has 2 atom stereocenters. The van der Waals surface area contributed by atoms with Crippen LogP contribution < -0.4 is 9.64 Å². The smallest absolute Gasteiger partial charge is 0.347 e. The number of carbonyl (C=O) groups excluding carboxylic acids is 5. The van der Waals surface area contributed by atoms with Gasteiger partial charge in [-0.2, -0.15) is 4.37 Å². The molecule has 1 fully saturated rings. The zero-order valence-corrected chi connectivity index (χ0v) is 25.9. The van der Waals surface area contributed by atoms with Crippen LogP contribution in [0.4, 0.5) is 5.82 Å². The molecule has 0 radical (unpaired) electrons. The molecular formula is C26H40N4O11S. The first-order valence-corrected chi connectivity index (χ1v) is 14.2. The molecular weight excluding hydrogens is 576 g/mol.